The topological polar surface area (TPSA) is 24.5 Å². The van der Waals surface area contributed by atoms with Crippen LogP contribution in [0.5, 0.6) is 5.75 Å². The SMILES string of the molecule is COc1ccc2cc(C(C)CN3CCNCC3)ccc2c1.Cl.Cl. The van der Waals surface area contributed by atoms with Crippen LogP contribution in [0.25, 0.3) is 10.8 Å². The number of ether oxygens (including phenoxy) is 1. The van der Waals surface area contributed by atoms with E-state index < -0.39 is 0 Å². The van der Waals surface area contributed by atoms with E-state index in [2.05, 4.69) is 47.5 Å². The van der Waals surface area contributed by atoms with Crippen molar-refractivity contribution < 1.29 is 4.74 Å². The van der Waals surface area contributed by atoms with Gasteiger partial charge in [0, 0.05) is 32.7 Å². The van der Waals surface area contributed by atoms with Gasteiger partial charge in [-0.3, -0.25) is 0 Å². The summed E-state index contributed by atoms with van der Waals surface area (Å²) in [5.41, 5.74) is 1.42. The van der Waals surface area contributed by atoms with Crippen LogP contribution in [0.1, 0.15) is 18.4 Å². The van der Waals surface area contributed by atoms with E-state index in [4.69, 9.17) is 4.74 Å². The Hall–Kier alpha value is -1.000. The number of methoxy groups -OCH3 is 1. The predicted octanol–water partition coefficient (Wildman–Crippen LogP) is 3.70. The molecule has 1 saturated heterocycles. The molecule has 2 aromatic rings. The van der Waals surface area contributed by atoms with Gasteiger partial charge in [0.25, 0.3) is 0 Å². The number of nitrogens with one attached hydrogen (secondary N) is 1. The monoisotopic (exact) mass is 356 g/mol. The smallest absolute Gasteiger partial charge is 0.119 e. The summed E-state index contributed by atoms with van der Waals surface area (Å²) in [5.74, 6) is 1.48. The largest absolute Gasteiger partial charge is 0.497 e. The van der Waals surface area contributed by atoms with Crippen molar-refractivity contribution >= 4 is 35.6 Å². The Bertz CT molecular complexity index is 615. The first-order chi connectivity index (χ1) is 10.3. The van der Waals surface area contributed by atoms with Gasteiger partial charge in [-0.25, -0.2) is 0 Å². The van der Waals surface area contributed by atoms with E-state index >= 15 is 0 Å². The van der Waals surface area contributed by atoms with Gasteiger partial charge >= 0.3 is 0 Å². The van der Waals surface area contributed by atoms with Gasteiger partial charge in [-0.1, -0.05) is 31.2 Å². The average Bonchev–Trinajstić information content (AvgIpc) is 2.54. The van der Waals surface area contributed by atoms with Crippen LogP contribution in [0.4, 0.5) is 0 Å². The highest BCUT2D eigenvalue weighted by atomic mass is 35.5. The van der Waals surface area contributed by atoms with Crippen molar-refractivity contribution in [2.24, 2.45) is 0 Å². The Morgan fingerprint density at radius 1 is 1.04 bits per heavy atom. The van der Waals surface area contributed by atoms with Crippen LogP contribution in [-0.4, -0.2) is 44.7 Å². The zero-order valence-corrected chi connectivity index (χ0v) is 15.4. The van der Waals surface area contributed by atoms with Gasteiger partial charge < -0.3 is 15.0 Å². The van der Waals surface area contributed by atoms with Gasteiger partial charge in [0.05, 0.1) is 7.11 Å². The molecule has 3 nitrogen and oxygen atoms in total. The molecule has 1 atom stereocenters. The molecule has 23 heavy (non-hydrogen) atoms. The maximum atomic E-state index is 5.29. The van der Waals surface area contributed by atoms with Crippen LogP contribution in [0, 0.1) is 0 Å². The van der Waals surface area contributed by atoms with Crippen molar-refractivity contribution in [1.29, 1.82) is 0 Å². The molecule has 128 valence electrons. The second-order valence-electron chi connectivity index (χ2n) is 5.92. The number of benzene rings is 2. The molecule has 0 saturated carbocycles. The van der Waals surface area contributed by atoms with Gasteiger partial charge in [0.1, 0.15) is 5.75 Å². The van der Waals surface area contributed by atoms with E-state index in [-0.39, 0.29) is 24.8 Å². The van der Waals surface area contributed by atoms with Gasteiger partial charge in [-0.05, 0) is 34.4 Å². The maximum absolute atomic E-state index is 5.29. The quantitative estimate of drug-likeness (QED) is 0.903. The average molecular weight is 357 g/mol. The van der Waals surface area contributed by atoms with E-state index in [0.717, 1.165) is 38.5 Å². The fourth-order valence-corrected chi connectivity index (χ4v) is 3.06. The predicted molar refractivity (Wildman–Crippen MR) is 103 cm³/mol. The molecule has 5 heteroatoms. The molecule has 1 aliphatic rings. The van der Waals surface area contributed by atoms with Crippen LogP contribution in [0.15, 0.2) is 36.4 Å². The van der Waals surface area contributed by atoms with E-state index in [9.17, 15) is 0 Å². The molecule has 0 bridgehead atoms. The van der Waals surface area contributed by atoms with Crippen molar-refractivity contribution in [3.63, 3.8) is 0 Å². The zero-order chi connectivity index (χ0) is 14.7. The number of piperazine rings is 1. The minimum absolute atomic E-state index is 0. The molecule has 3 rings (SSSR count). The lowest BCUT2D eigenvalue weighted by molar-refractivity contribution is 0.230. The number of hydrogen-bond donors (Lipinski definition) is 1. The molecule has 0 radical (unpaired) electrons. The number of fused-ring (bicyclic) bond motifs is 1. The standard InChI is InChI=1S/C18H24N2O.2ClH/c1-14(13-20-9-7-19-8-10-20)15-3-4-17-12-18(21-2)6-5-16(17)11-15;;/h3-6,11-12,14,19H,7-10,13H2,1-2H3;2*1H. The second-order valence-corrected chi connectivity index (χ2v) is 5.92. The van der Waals surface area contributed by atoms with Gasteiger partial charge in [0.2, 0.25) is 0 Å². The Morgan fingerprint density at radius 2 is 1.70 bits per heavy atom. The Kier molecular flexibility index (Phi) is 8.13. The Balaban J connectivity index is 0.00000132. The third kappa shape index (κ3) is 4.98. The van der Waals surface area contributed by atoms with Crippen LogP contribution in [-0.2, 0) is 0 Å². The van der Waals surface area contributed by atoms with Crippen molar-refractivity contribution in [3.8, 4) is 5.75 Å². The summed E-state index contributed by atoms with van der Waals surface area (Å²) in [6.45, 7) is 8.02. The molecule has 1 unspecified atom stereocenters. The molecular formula is C18H26Cl2N2O. The lowest BCUT2D eigenvalue weighted by atomic mass is 9.97. The fraction of sp³-hybridized carbons (Fsp3) is 0.444. The molecule has 0 aliphatic carbocycles. The third-order valence-electron chi connectivity index (χ3n) is 4.38. The molecule has 0 amide bonds. The lowest BCUT2D eigenvalue weighted by Crippen LogP contribution is -2.44. The molecule has 2 aromatic carbocycles. The summed E-state index contributed by atoms with van der Waals surface area (Å²) < 4.78 is 5.29. The Labute approximate surface area is 151 Å². The van der Waals surface area contributed by atoms with Gasteiger partial charge in [-0.2, -0.15) is 0 Å². The molecule has 0 aromatic heterocycles. The van der Waals surface area contributed by atoms with E-state index in [1.165, 1.54) is 16.3 Å². The summed E-state index contributed by atoms with van der Waals surface area (Å²) in [6.07, 6.45) is 0. The van der Waals surface area contributed by atoms with E-state index in [0.29, 0.717) is 5.92 Å². The molecule has 0 spiro atoms. The highest BCUT2D eigenvalue weighted by Gasteiger charge is 2.14. The summed E-state index contributed by atoms with van der Waals surface area (Å²) in [4.78, 5) is 2.55. The number of rotatable bonds is 4. The minimum Gasteiger partial charge on any atom is -0.497 e. The van der Waals surface area contributed by atoms with Crippen LogP contribution in [0.3, 0.4) is 0 Å². The van der Waals surface area contributed by atoms with Gasteiger partial charge in [-0.15, -0.1) is 24.8 Å². The molecule has 1 fully saturated rings. The zero-order valence-electron chi connectivity index (χ0n) is 13.7. The highest BCUT2D eigenvalue weighted by Crippen LogP contribution is 2.25. The first-order valence-electron chi connectivity index (χ1n) is 7.77. The molecule has 1 N–H and O–H groups in total. The fourth-order valence-electron chi connectivity index (χ4n) is 3.06. The highest BCUT2D eigenvalue weighted by molar-refractivity contribution is 5.86. The summed E-state index contributed by atoms with van der Waals surface area (Å²) in [6, 6.07) is 13.1. The number of nitrogens with zero attached hydrogens (tertiary/aromatic N) is 1. The minimum atomic E-state index is 0. The van der Waals surface area contributed by atoms with E-state index in [1.807, 2.05) is 6.07 Å². The number of halogens is 2. The molecular weight excluding hydrogens is 331 g/mol. The van der Waals surface area contributed by atoms with Crippen molar-refractivity contribution in [2.45, 2.75) is 12.8 Å². The summed E-state index contributed by atoms with van der Waals surface area (Å²) in [5, 5.41) is 5.94. The third-order valence-corrected chi connectivity index (χ3v) is 4.38. The second kappa shape index (κ2) is 9.33. The molecule has 1 aliphatic heterocycles. The van der Waals surface area contributed by atoms with Crippen LogP contribution < -0.4 is 10.1 Å². The van der Waals surface area contributed by atoms with Gasteiger partial charge in [0.15, 0.2) is 0 Å². The first kappa shape index (κ1) is 20.0. The van der Waals surface area contributed by atoms with E-state index in [1.54, 1.807) is 7.11 Å². The lowest BCUT2D eigenvalue weighted by Gasteiger charge is -2.29. The van der Waals surface area contributed by atoms with Crippen molar-refractivity contribution in [3.05, 3.63) is 42.0 Å². The first-order valence-corrected chi connectivity index (χ1v) is 7.77. The van der Waals surface area contributed by atoms with Crippen LogP contribution >= 0.6 is 24.8 Å². The Morgan fingerprint density at radius 3 is 2.39 bits per heavy atom. The summed E-state index contributed by atoms with van der Waals surface area (Å²) >= 11 is 0. The number of hydrogen-bond acceptors (Lipinski definition) is 3. The van der Waals surface area contributed by atoms with Crippen molar-refractivity contribution in [2.75, 3.05) is 39.8 Å². The normalized spacial score (nSPS) is 16.3. The van der Waals surface area contributed by atoms with Crippen LogP contribution in [0.2, 0.25) is 0 Å². The summed E-state index contributed by atoms with van der Waals surface area (Å²) in [7, 11) is 1.71. The maximum Gasteiger partial charge on any atom is 0.119 e. The van der Waals surface area contributed by atoms with Crippen molar-refractivity contribution in [1.82, 2.24) is 10.2 Å². The molecule has 1 heterocycles.